The molecule has 0 fully saturated rings. The number of nitrogens with one attached hydrogen (secondary N) is 5. The molecule has 5 N–H and O–H groups in total. The number of anilines is 4. The van der Waals surface area contributed by atoms with E-state index in [9.17, 15) is 26.0 Å². The zero-order valence-corrected chi connectivity index (χ0v) is 23.8. The third-order valence-corrected chi connectivity index (χ3v) is 8.58. The number of benzene rings is 2. The van der Waals surface area contributed by atoms with Gasteiger partial charge in [0.1, 0.15) is 16.5 Å². The Morgan fingerprint density at radius 3 is 2.76 bits per heavy atom. The molecule has 0 radical (unpaired) electrons. The van der Waals surface area contributed by atoms with Crippen LogP contribution >= 0.6 is 0 Å². The third kappa shape index (κ3) is 7.98. The quantitative estimate of drug-likeness (QED) is 0.218. The van der Waals surface area contributed by atoms with Crippen molar-refractivity contribution in [3.05, 3.63) is 59.5 Å². The lowest BCUT2D eigenvalue weighted by atomic mass is 10.2. The number of hydrogen-bond donors (Lipinski definition) is 5. The van der Waals surface area contributed by atoms with Crippen LogP contribution in [0.5, 0.6) is 0 Å². The van der Waals surface area contributed by atoms with Crippen molar-refractivity contribution in [2.75, 3.05) is 35.6 Å². The minimum absolute atomic E-state index is 0.0399. The average Bonchev–Trinajstić information content (AvgIpc) is 2.90. The highest BCUT2D eigenvalue weighted by atomic mass is 32.2. The number of amides is 1. The number of aryl methyl sites for hydroxylation is 1. The first-order valence-electron chi connectivity index (χ1n) is 12.5. The van der Waals surface area contributed by atoms with Crippen molar-refractivity contribution in [3.63, 3.8) is 0 Å². The highest BCUT2D eigenvalue weighted by molar-refractivity contribution is 7.89. The summed E-state index contributed by atoms with van der Waals surface area (Å²) in [5.74, 6) is 5.12. The summed E-state index contributed by atoms with van der Waals surface area (Å²) in [4.78, 5) is 19.9. The molecule has 4 rings (SSSR count). The number of hydrogen-bond acceptors (Lipinski definition) is 9. The first-order valence-corrected chi connectivity index (χ1v) is 15.4. The highest BCUT2D eigenvalue weighted by Gasteiger charge is 2.19. The molecule has 1 aromatic heterocycles. The number of nitrogens with zero attached hydrogens (tertiary/aromatic N) is 2. The molecule has 15 heteroatoms. The summed E-state index contributed by atoms with van der Waals surface area (Å²) in [5.41, 5.74) is 1.66. The largest absolute Gasteiger partial charge is 0.369 e. The minimum atomic E-state index is -4.04. The minimum Gasteiger partial charge on any atom is -0.369 e. The molecule has 0 atom stereocenters. The van der Waals surface area contributed by atoms with E-state index in [0.717, 1.165) is 6.07 Å². The highest BCUT2D eigenvalue weighted by Crippen LogP contribution is 2.25. The number of fused-ring (bicyclic) bond motifs is 4. The Hall–Kier alpha value is -4.10. The summed E-state index contributed by atoms with van der Waals surface area (Å²) in [6.07, 6.45) is 2.03. The maximum atomic E-state index is 14.0. The summed E-state index contributed by atoms with van der Waals surface area (Å²) < 4.78 is 69.5. The van der Waals surface area contributed by atoms with E-state index in [1.54, 1.807) is 13.0 Å². The van der Waals surface area contributed by atoms with Gasteiger partial charge in [-0.1, -0.05) is 17.9 Å². The molecule has 12 nitrogen and oxygen atoms in total. The van der Waals surface area contributed by atoms with E-state index in [0.29, 0.717) is 35.6 Å². The fourth-order valence-corrected chi connectivity index (χ4v) is 6.12. The second-order valence-electron chi connectivity index (χ2n) is 9.07. The van der Waals surface area contributed by atoms with Crippen LogP contribution in [0.1, 0.15) is 30.9 Å². The number of halogens is 1. The number of aromatic nitrogens is 2. The molecule has 1 aliphatic heterocycles. The number of rotatable bonds is 5. The zero-order chi connectivity index (χ0) is 29.6. The maximum absolute atomic E-state index is 14.0. The van der Waals surface area contributed by atoms with Crippen LogP contribution < -0.4 is 25.4 Å². The van der Waals surface area contributed by atoms with Gasteiger partial charge >= 0.3 is 0 Å². The maximum Gasteiger partial charge on any atom is 0.243 e. The van der Waals surface area contributed by atoms with Crippen LogP contribution in [0, 0.1) is 24.6 Å². The summed E-state index contributed by atoms with van der Waals surface area (Å²) >= 11 is 0. The molecule has 0 aliphatic carbocycles. The molecule has 0 unspecified atom stereocenters. The van der Waals surface area contributed by atoms with Crippen molar-refractivity contribution in [1.82, 2.24) is 19.4 Å². The standard InChI is InChI=1S/C26H28FN7O5S2/c1-17-7-8-23(27)24(12-17)41(38,39)31-10-4-3-6-19-16-29-26-33-21-13-20(32-18(2)35)14-22(15-21)40(36,37)30-11-5-9-28-25(19)34-26/h7-8,12-16,30-31H,4-5,9-11H2,1-2H3,(H,32,35)(H2,28,29,33,34). The van der Waals surface area contributed by atoms with E-state index in [-0.39, 0.29) is 41.9 Å². The molecule has 0 saturated carbocycles. The Morgan fingerprint density at radius 2 is 1.98 bits per heavy atom. The third-order valence-electron chi connectivity index (χ3n) is 5.66. The van der Waals surface area contributed by atoms with E-state index < -0.39 is 30.8 Å². The van der Waals surface area contributed by atoms with E-state index in [4.69, 9.17) is 0 Å². The lowest BCUT2D eigenvalue weighted by Gasteiger charge is -2.12. The molecule has 4 bridgehead atoms. The van der Waals surface area contributed by atoms with Gasteiger partial charge in [-0.2, -0.15) is 4.98 Å². The van der Waals surface area contributed by atoms with Gasteiger partial charge < -0.3 is 16.0 Å². The molecule has 0 spiro atoms. The number of carbonyl (C=O) groups excluding carboxylic acids is 1. The van der Waals surface area contributed by atoms with Gasteiger partial charge in [-0.15, -0.1) is 0 Å². The van der Waals surface area contributed by atoms with Crippen molar-refractivity contribution < 1.29 is 26.0 Å². The topological polar surface area (TPSA) is 171 Å². The van der Waals surface area contributed by atoms with Gasteiger partial charge in [0.2, 0.25) is 31.9 Å². The Bertz CT molecular complexity index is 1750. The van der Waals surface area contributed by atoms with Crippen molar-refractivity contribution in [1.29, 1.82) is 0 Å². The first kappa shape index (κ1) is 29.9. The Morgan fingerprint density at radius 1 is 1.17 bits per heavy atom. The van der Waals surface area contributed by atoms with E-state index in [1.807, 2.05) is 0 Å². The van der Waals surface area contributed by atoms with Crippen molar-refractivity contribution in [2.45, 2.75) is 36.5 Å². The van der Waals surface area contributed by atoms with Crippen LogP contribution in [0.25, 0.3) is 0 Å². The van der Waals surface area contributed by atoms with Gasteiger partial charge in [0, 0.05) is 44.4 Å². The summed E-state index contributed by atoms with van der Waals surface area (Å²) in [5, 5.41) is 8.67. The summed E-state index contributed by atoms with van der Waals surface area (Å²) in [7, 11) is -7.90. The van der Waals surface area contributed by atoms with Crippen LogP contribution in [0.3, 0.4) is 0 Å². The second kappa shape index (κ2) is 12.6. The van der Waals surface area contributed by atoms with Crippen LogP contribution in [0.4, 0.5) is 27.5 Å². The van der Waals surface area contributed by atoms with Gasteiger partial charge in [0.25, 0.3) is 0 Å². The van der Waals surface area contributed by atoms with E-state index in [2.05, 4.69) is 47.2 Å². The molecule has 216 valence electrons. The first-order chi connectivity index (χ1) is 19.4. The number of carbonyl (C=O) groups is 1. The number of sulfonamides is 2. The molecule has 1 amide bonds. The van der Waals surface area contributed by atoms with Crippen LogP contribution in [0.2, 0.25) is 0 Å². The fraction of sp³-hybridized carbons (Fsp3) is 0.269. The predicted molar refractivity (Wildman–Crippen MR) is 152 cm³/mol. The lowest BCUT2D eigenvalue weighted by molar-refractivity contribution is -0.114. The smallest absolute Gasteiger partial charge is 0.243 e. The lowest BCUT2D eigenvalue weighted by Crippen LogP contribution is -2.26. The average molecular weight is 602 g/mol. The van der Waals surface area contributed by atoms with Crippen LogP contribution in [-0.2, 0) is 24.8 Å². The second-order valence-corrected chi connectivity index (χ2v) is 12.6. The van der Waals surface area contributed by atoms with E-state index in [1.165, 1.54) is 37.4 Å². The van der Waals surface area contributed by atoms with Gasteiger partial charge in [-0.05, 0) is 49.2 Å². The Labute approximate surface area is 237 Å². The molecule has 0 saturated heterocycles. The Balaban J connectivity index is 1.53. The summed E-state index contributed by atoms with van der Waals surface area (Å²) in [6.45, 7) is 3.45. The molecular weight excluding hydrogens is 573 g/mol. The van der Waals surface area contributed by atoms with Gasteiger partial charge in [-0.3, -0.25) is 4.79 Å². The van der Waals surface area contributed by atoms with E-state index >= 15 is 0 Å². The van der Waals surface area contributed by atoms with Gasteiger partial charge in [0.05, 0.1) is 16.7 Å². The van der Waals surface area contributed by atoms with Crippen molar-refractivity contribution in [2.24, 2.45) is 0 Å². The Kier molecular flexibility index (Phi) is 9.18. The van der Waals surface area contributed by atoms with Gasteiger partial charge in [-0.25, -0.2) is 35.7 Å². The van der Waals surface area contributed by atoms with Gasteiger partial charge in [0.15, 0.2) is 0 Å². The van der Waals surface area contributed by atoms with Crippen LogP contribution in [0.15, 0.2) is 52.4 Å². The normalized spacial score (nSPS) is 14.5. The molecule has 2 aromatic carbocycles. The van der Waals surface area contributed by atoms with Crippen molar-refractivity contribution in [3.8, 4) is 11.8 Å². The SMILES string of the molecule is CC(=O)Nc1cc2cc(c1)S(=O)(=O)NCCCNc1nc(ncc1C#CCCNS(=O)(=O)c1cc(C)ccc1F)N2. The zero-order valence-electron chi connectivity index (χ0n) is 22.2. The molecule has 1 aliphatic rings. The predicted octanol–water partition coefficient (Wildman–Crippen LogP) is 2.44. The van der Waals surface area contributed by atoms with Crippen LogP contribution in [-0.4, -0.2) is 52.3 Å². The molecule has 3 aromatic rings. The molecular formula is C26H28FN7O5S2. The monoisotopic (exact) mass is 601 g/mol. The fourth-order valence-electron chi connectivity index (χ4n) is 3.78. The van der Waals surface area contributed by atoms with Crippen molar-refractivity contribution >= 4 is 49.1 Å². The molecule has 41 heavy (non-hydrogen) atoms. The molecule has 2 heterocycles. The summed E-state index contributed by atoms with van der Waals surface area (Å²) in [6, 6.07) is 8.16.